The molecule has 0 spiro atoms. The van der Waals surface area contributed by atoms with Crippen molar-refractivity contribution in [3.63, 3.8) is 0 Å². The van der Waals surface area contributed by atoms with E-state index in [2.05, 4.69) is 49.3 Å². The fraction of sp³-hybridized carbons (Fsp3) is 0.294. The van der Waals surface area contributed by atoms with Crippen molar-refractivity contribution in [2.75, 3.05) is 19.8 Å². The number of benzene rings is 2. The molecule has 1 aliphatic rings. The molecule has 0 bridgehead atoms. The van der Waals surface area contributed by atoms with E-state index in [0.29, 0.717) is 0 Å². The number of nitrogens with zero attached hydrogens (tertiary/aromatic N) is 1. The van der Waals surface area contributed by atoms with Crippen molar-refractivity contribution in [1.29, 1.82) is 0 Å². The molecule has 3 heteroatoms. The first kappa shape index (κ1) is 13.5. The Balaban J connectivity index is 1.84. The lowest BCUT2D eigenvalue weighted by atomic mass is 10.1. The van der Waals surface area contributed by atoms with Crippen LogP contribution in [-0.4, -0.2) is 24.7 Å². The predicted molar refractivity (Wildman–Crippen MR) is 84.8 cm³/mol. The molecule has 1 aliphatic heterocycles. The largest absolute Gasteiger partial charge is 0.457 e. The second-order valence-corrected chi connectivity index (χ2v) is 6.45. The number of rotatable bonds is 4. The Labute approximate surface area is 124 Å². The van der Waals surface area contributed by atoms with Crippen molar-refractivity contribution >= 4 is 11.8 Å². The molecule has 0 N–H and O–H groups in total. The summed E-state index contributed by atoms with van der Waals surface area (Å²) >= 11 is 1.93. The van der Waals surface area contributed by atoms with Crippen LogP contribution >= 0.6 is 11.8 Å². The molecular weight excluding hydrogens is 266 g/mol. The van der Waals surface area contributed by atoms with Gasteiger partial charge in [0.05, 0.1) is 0 Å². The number of hydrogen-bond acceptors (Lipinski definition) is 3. The fourth-order valence-electron chi connectivity index (χ4n) is 2.43. The van der Waals surface area contributed by atoms with Gasteiger partial charge in [-0.15, -0.1) is 11.8 Å². The van der Waals surface area contributed by atoms with E-state index >= 15 is 0 Å². The zero-order chi connectivity index (χ0) is 13.9. The summed E-state index contributed by atoms with van der Waals surface area (Å²) in [6, 6.07) is 14.7. The smallest absolute Gasteiger partial charge is 0.131 e. The van der Waals surface area contributed by atoms with Crippen molar-refractivity contribution in [3.05, 3.63) is 53.6 Å². The minimum Gasteiger partial charge on any atom is -0.457 e. The maximum atomic E-state index is 6.10. The van der Waals surface area contributed by atoms with Gasteiger partial charge in [0.15, 0.2) is 0 Å². The van der Waals surface area contributed by atoms with Crippen LogP contribution in [0.2, 0.25) is 0 Å². The molecule has 0 aliphatic carbocycles. The van der Waals surface area contributed by atoms with Crippen LogP contribution in [0.5, 0.6) is 11.5 Å². The average molecular weight is 285 g/mol. The van der Waals surface area contributed by atoms with Crippen molar-refractivity contribution < 1.29 is 4.74 Å². The molecule has 0 atom stereocenters. The first-order valence-electron chi connectivity index (χ1n) is 6.88. The van der Waals surface area contributed by atoms with E-state index < -0.39 is 0 Å². The SMILES string of the molecule is CN(C)Cc1ccccc1Oc1ccc2c(c1)CCS2. The second-order valence-electron chi connectivity index (χ2n) is 5.32. The standard InChI is InChI=1S/C17H19NOS/c1-18(2)12-14-5-3-4-6-16(14)19-15-7-8-17-13(11-15)9-10-20-17/h3-8,11H,9-10,12H2,1-2H3. The average Bonchev–Trinajstić information content (AvgIpc) is 2.88. The summed E-state index contributed by atoms with van der Waals surface area (Å²) in [5, 5.41) is 0. The third kappa shape index (κ3) is 3.00. The van der Waals surface area contributed by atoms with Gasteiger partial charge in [-0.1, -0.05) is 18.2 Å². The summed E-state index contributed by atoms with van der Waals surface area (Å²) in [6.45, 7) is 0.886. The van der Waals surface area contributed by atoms with Gasteiger partial charge >= 0.3 is 0 Å². The summed E-state index contributed by atoms with van der Waals surface area (Å²) in [5.74, 6) is 3.08. The van der Waals surface area contributed by atoms with Gasteiger partial charge in [-0.05, 0) is 50.3 Å². The summed E-state index contributed by atoms with van der Waals surface area (Å²) in [6.07, 6.45) is 1.15. The molecule has 1 heterocycles. The zero-order valence-corrected chi connectivity index (χ0v) is 12.7. The Morgan fingerprint density at radius 1 is 1.15 bits per heavy atom. The maximum absolute atomic E-state index is 6.10. The molecule has 0 aromatic heterocycles. The van der Waals surface area contributed by atoms with Gasteiger partial charge in [0.25, 0.3) is 0 Å². The molecule has 2 aromatic rings. The lowest BCUT2D eigenvalue weighted by Crippen LogP contribution is -2.11. The van der Waals surface area contributed by atoms with Crippen molar-refractivity contribution in [3.8, 4) is 11.5 Å². The minimum absolute atomic E-state index is 0.886. The zero-order valence-electron chi connectivity index (χ0n) is 11.9. The summed E-state index contributed by atoms with van der Waals surface area (Å²) < 4.78 is 6.10. The molecule has 104 valence electrons. The topological polar surface area (TPSA) is 12.5 Å². The van der Waals surface area contributed by atoms with Crippen LogP contribution in [0.25, 0.3) is 0 Å². The molecule has 0 saturated carbocycles. The highest BCUT2D eigenvalue weighted by Gasteiger charge is 2.13. The van der Waals surface area contributed by atoms with Crippen LogP contribution in [-0.2, 0) is 13.0 Å². The van der Waals surface area contributed by atoms with Gasteiger partial charge in [-0.2, -0.15) is 0 Å². The fourth-order valence-corrected chi connectivity index (χ4v) is 3.48. The lowest BCUT2D eigenvalue weighted by molar-refractivity contribution is 0.388. The molecule has 0 unspecified atom stereocenters. The third-order valence-electron chi connectivity index (χ3n) is 3.35. The number of ether oxygens (including phenoxy) is 1. The van der Waals surface area contributed by atoms with E-state index in [1.54, 1.807) is 0 Å². The Morgan fingerprint density at radius 2 is 2.00 bits per heavy atom. The molecule has 2 aromatic carbocycles. The number of aryl methyl sites for hydroxylation is 1. The highest BCUT2D eigenvalue weighted by Crippen LogP contribution is 2.35. The van der Waals surface area contributed by atoms with Crippen LogP contribution in [0.15, 0.2) is 47.4 Å². The van der Waals surface area contributed by atoms with Gasteiger partial charge < -0.3 is 9.64 Å². The Kier molecular flexibility index (Phi) is 3.99. The van der Waals surface area contributed by atoms with Crippen LogP contribution in [0.3, 0.4) is 0 Å². The van der Waals surface area contributed by atoms with Crippen LogP contribution in [0, 0.1) is 0 Å². The Bertz CT molecular complexity index is 610. The number of hydrogen-bond donors (Lipinski definition) is 0. The third-order valence-corrected chi connectivity index (χ3v) is 4.47. The molecule has 0 radical (unpaired) electrons. The van der Waals surface area contributed by atoms with Crippen LogP contribution in [0.1, 0.15) is 11.1 Å². The van der Waals surface area contributed by atoms with Gasteiger partial charge in [-0.25, -0.2) is 0 Å². The van der Waals surface area contributed by atoms with Gasteiger partial charge in [0.1, 0.15) is 11.5 Å². The Hall–Kier alpha value is -1.45. The molecule has 2 nitrogen and oxygen atoms in total. The first-order chi connectivity index (χ1) is 9.72. The molecule has 20 heavy (non-hydrogen) atoms. The van der Waals surface area contributed by atoms with E-state index in [1.807, 2.05) is 23.9 Å². The maximum Gasteiger partial charge on any atom is 0.131 e. The summed E-state index contributed by atoms with van der Waals surface area (Å²) in [4.78, 5) is 3.56. The van der Waals surface area contributed by atoms with E-state index in [9.17, 15) is 0 Å². The van der Waals surface area contributed by atoms with Gasteiger partial charge in [0, 0.05) is 22.8 Å². The number of fused-ring (bicyclic) bond motifs is 1. The predicted octanol–water partition coefficient (Wildman–Crippen LogP) is 4.19. The Morgan fingerprint density at radius 3 is 2.85 bits per heavy atom. The van der Waals surface area contributed by atoms with Crippen molar-refractivity contribution in [1.82, 2.24) is 4.90 Å². The second kappa shape index (κ2) is 5.90. The highest BCUT2D eigenvalue weighted by atomic mass is 32.2. The number of para-hydroxylation sites is 1. The van der Waals surface area contributed by atoms with Crippen molar-refractivity contribution in [2.24, 2.45) is 0 Å². The van der Waals surface area contributed by atoms with E-state index in [0.717, 1.165) is 24.5 Å². The van der Waals surface area contributed by atoms with Crippen LogP contribution < -0.4 is 4.74 Å². The molecule has 0 saturated heterocycles. The summed E-state index contributed by atoms with van der Waals surface area (Å²) in [7, 11) is 4.15. The monoisotopic (exact) mass is 285 g/mol. The normalized spacial score (nSPS) is 13.6. The van der Waals surface area contributed by atoms with Crippen molar-refractivity contribution in [2.45, 2.75) is 17.9 Å². The summed E-state index contributed by atoms with van der Waals surface area (Å²) in [5.41, 5.74) is 2.63. The van der Waals surface area contributed by atoms with Gasteiger partial charge in [-0.3, -0.25) is 0 Å². The molecule has 3 rings (SSSR count). The first-order valence-corrected chi connectivity index (χ1v) is 7.87. The molecular formula is C17H19NOS. The van der Waals surface area contributed by atoms with E-state index in [-0.39, 0.29) is 0 Å². The van der Waals surface area contributed by atoms with E-state index in [4.69, 9.17) is 4.74 Å². The van der Waals surface area contributed by atoms with E-state index in [1.165, 1.54) is 21.8 Å². The molecule has 0 fully saturated rings. The quantitative estimate of drug-likeness (QED) is 0.836. The lowest BCUT2D eigenvalue weighted by Gasteiger charge is -2.15. The minimum atomic E-state index is 0.886. The molecule has 0 amide bonds. The van der Waals surface area contributed by atoms with Crippen LogP contribution in [0.4, 0.5) is 0 Å². The number of thioether (sulfide) groups is 1. The van der Waals surface area contributed by atoms with Gasteiger partial charge in [0.2, 0.25) is 0 Å². The highest BCUT2D eigenvalue weighted by molar-refractivity contribution is 7.99.